The average Bonchev–Trinajstić information content (AvgIpc) is 2.88. The van der Waals surface area contributed by atoms with Crippen molar-refractivity contribution >= 4 is 23.4 Å². The highest BCUT2D eigenvalue weighted by Crippen LogP contribution is 2.28. The van der Waals surface area contributed by atoms with E-state index in [0.717, 1.165) is 16.4 Å². The van der Waals surface area contributed by atoms with Crippen LogP contribution in [0.5, 0.6) is 5.75 Å². The molecule has 1 aromatic rings. The molecule has 2 fully saturated rings. The summed E-state index contributed by atoms with van der Waals surface area (Å²) < 4.78 is 5.39. The lowest BCUT2D eigenvalue weighted by Gasteiger charge is -2.36. The molecule has 2 saturated heterocycles. The molecule has 8 heteroatoms. The zero-order valence-corrected chi connectivity index (χ0v) is 14.4. The minimum atomic E-state index is -0.912. The van der Waals surface area contributed by atoms with E-state index in [0.29, 0.717) is 26.2 Å². The molecule has 1 unspecified atom stereocenters. The van der Waals surface area contributed by atoms with Crippen LogP contribution in [-0.2, 0) is 14.4 Å². The maximum atomic E-state index is 12.5. The molecule has 1 N–H and O–H groups in total. The van der Waals surface area contributed by atoms with Gasteiger partial charge in [-0.15, -0.1) is 0 Å². The number of piperazine rings is 1. The van der Waals surface area contributed by atoms with Crippen molar-refractivity contribution in [2.24, 2.45) is 5.92 Å². The summed E-state index contributed by atoms with van der Waals surface area (Å²) in [5.74, 6) is -1.04. The number of amides is 3. The van der Waals surface area contributed by atoms with Crippen molar-refractivity contribution < 1.29 is 19.1 Å². The van der Waals surface area contributed by atoms with Gasteiger partial charge < -0.3 is 14.5 Å². The minimum Gasteiger partial charge on any atom is -0.495 e. The second-order valence-electron chi connectivity index (χ2n) is 6.17. The van der Waals surface area contributed by atoms with Crippen LogP contribution in [0, 0.1) is 5.92 Å². The molecule has 1 atom stereocenters. The molecule has 134 valence electrons. The smallest absolute Gasteiger partial charge is 0.253 e. The molecule has 0 radical (unpaired) electrons. The highest BCUT2D eigenvalue weighted by atomic mass is 16.5. The van der Waals surface area contributed by atoms with Gasteiger partial charge in [0.2, 0.25) is 5.91 Å². The number of carbonyl (C=O) groups is 3. The number of para-hydroxylation sites is 2. The van der Waals surface area contributed by atoms with Crippen LogP contribution in [-0.4, -0.2) is 68.0 Å². The van der Waals surface area contributed by atoms with E-state index in [9.17, 15) is 14.4 Å². The van der Waals surface area contributed by atoms with E-state index in [1.807, 2.05) is 24.3 Å². The fourth-order valence-electron chi connectivity index (χ4n) is 3.22. The summed E-state index contributed by atoms with van der Waals surface area (Å²) in [6.07, 6.45) is -0.0797. The Kier molecular flexibility index (Phi) is 4.78. The maximum Gasteiger partial charge on any atom is 0.253 e. The molecule has 2 heterocycles. The van der Waals surface area contributed by atoms with Gasteiger partial charge in [-0.2, -0.15) is 0 Å². The first kappa shape index (κ1) is 17.1. The highest BCUT2D eigenvalue weighted by molar-refractivity contribution is 6.07. The van der Waals surface area contributed by atoms with Gasteiger partial charge in [-0.1, -0.05) is 12.1 Å². The van der Waals surface area contributed by atoms with Crippen LogP contribution in [0.1, 0.15) is 6.42 Å². The van der Waals surface area contributed by atoms with Gasteiger partial charge in [0.05, 0.1) is 12.8 Å². The van der Waals surface area contributed by atoms with Gasteiger partial charge in [-0.3, -0.25) is 24.8 Å². The molecule has 2 aliphatic rings. The third-order valence-electron chi connectivity index (χ3n) is 4.66. The van der Waals surface area contributed by atoms with Gasteiger partial charge in [-0.25, -0.2) is 0 Å². The Hall–Kier alpha value is -2.77. The lowest BCUT2D eigenvalue weighted by Crippen LogP contribution is -2.49. The monoisotopic (exact) mass is 346 g/mol. The summed E-state index contributed by atoms with van der Waals surface area (Å²) >= 11 is 0. The molecule has 0 aromatic heterocycles. The number of hydrogen-bond donors (Lipinski definition) is 1. The van der Waals surface area contributed by atoms with Crippen molar-refractivity contribution in [3.05, 3.63) is 24.3 Å². The molecule has 0 aliphatic carbocycles. The number of benzene rings is 1. The summed E-state index contributed by atoms with van der Waals surface area (Å²) in [5.41, 5.74) is 3.42. The molecule has 8 nitrogen and oxygen atoms in total. The first-order chi connectivity index (χ1) is 12.0. The average molecular weight is 346 g/mol. The number of ether oxygens (including phenoxy) is 1. The number of hydrogen-bond acceptors (Lipinski definition) is 5. The van der Waals surface area contributed by atoms with E-state index in [2.05, 4.69) is 10.3 Å². The zero-order valence-electron chi connectivity index (χ0n) is 14.4. The summed E-state index contributed by atoms with van der Waals surface area (Å²) in [6, 6.07) is 7.78. The Morgan fingerprint density at radius 2 is 1.88 bits per heavy atom. The Morgan fingerprint density at radius 1 is 1.20 bits per heavy atom. The van der Waals surface area contributed by atoms with E-state index < -0.39 is 11.8 Å². The van der Waals surface area contributed by atoms with Crippen molar-refractivity contribution in [1.82, 2.24) is 15.3 Å². The molecule has 0 spiro atoms. The number of methoxy groups -OCH3 is 1. The summed E-state index contributed by atoms with van der Waals surface area (Å²) in [5, 5.41) is 1.14. The lowest BCUT2D eigenvalue weighted by atomic mass is 10.0. The SMILES string of the molecule is COc1ccccc1N1CCN(C(=O)CC2C(=O)NN(C)C2=O)CC1. The molecule has 2 aliphatic heterocycles. The number of anilines is 1. The van der Waals surface area contributed by atoms with Crippen LogP contribution in [0.3, 0.4) is 0 Å². The summed E-state index contributed by atoms with van der Waals surface area (Å²) in [6.45, 7) is 2.46. The molecule has 25 heavy (non-hydrogen) atoms. The number of carbonyl (C=O) groups excluding carboxylic acids is 3. The minimum absolute atomic E-state index is 0.0797. The number of nitrogens with zero attached hydrogens (tertiary/aromatic N) is 3. The van der Waals surface area contributed by atoms with Gasteiger partial charge in [0.1, 0.15) is 11.7 Å². The van der Waals surface area contributed by atoms with Gasteiger partial charge in [-0.05, 0) is 12.1 Å². The second kappa shape index (κ2) is 7.00. The fraction of sp³-hybridized carbons (Fsp3) is 0.471. The van der Waals surface area contributed by atoms with Gasteiger partial charge in [0.15, 0.2) is 0 Å². The predicted molar refractivity (Wildman–Crippen MR) is 90.8 cm³/mol. The highest BCUT2D eigenvalue weighted by Gasteiger charge is 2.39. The zero-order chi connectivity index (χ0) is 18.0. The molecular weight excluding hydrogens is 324 g/mol. The maximum absolute atomic E-state index is 12.5. The van der Waals surface area contributed by atoms with E-state index in [1.54, 1.807) is 12.0 Å². The van der Waals surface area contributed by atoms with E-state index in [-0.39, 0.29) is 18.2 Å². The molecule has 0 bridgehead atoms. The predicted octanol–water partition coefficient (Wildman–Crippen LogP) is -0.147. The number of nitrogens with one attached hydrogen (secondary N) is 1. The largest absolute Gasteiger partial charge is 0.495 e. The standard InChI is InChI=1S/C17H22N4O4/c1-19-17(24)12(16(23)18-19)11-15(22)21-9-7-20(8-10-21)13-5-3-4-6-14(13)25-2/h3-6,12H,7-11H2,1-2H3,(H,18,23). The normalized spacial score (nSPS) is 20.7. The Labute approximate surface area is 146 Å². The first-order valence-electron chi connectivity index (χ1n) is 8.25. The lowest BCUT2D eigenvalue weighted by molar-refractivity contribution is -0.139. The second-order valence-corrected chi connectivity index (χ2v) is 6.17. The van der Waals surface area contributed by atoms with Crippen molar-refractivity contribution in [2.45, 2.75) is 6.42 Å². The van der Waals surface area contributed by atoms with Crippen LogP contribution < -0.4 is 15.1 Å². The third kappa shape index (κ3) is 3.38. The van der Waals surface area contributed by atoms with E-state index in [4.69, 9.17) is 4.74 Å². The molecule has 3 rings (SSSR count). The van der Waals surface area contributed by atoms with Gasteiger partial charge in [0, 0.05) is 39.6 Å². The van der Waals surface area contributed by atoms with Crippen LogP contribution >= 0.6 is 0 Å². The quantitative estimate of drug-likeness (QED) is 0.767. The van der Waals surface area contributed by atoms with Crippen LogP contribution in [0.25, 0.3) is 0 Å². The van der Waals surface area contributed by atoms with Crippen molar-refractivity contribution in [3.63, 3.8) is 0 Å². The number of rotatable bonds is 4. The first-order valence-corrected chi connectivity index (χ1v) is 8.25. The van der Waals surface area contributed by atoms with E-state index >= 15 is 0 Å². The van der Waals surface area contributed by atoms with Crippen LogP contribution in [0.15, 0.2) is 24.3 Å². The summed E-state index contributed by atoms with van der Waals surface area (Å²) in [7, 11) is 3.12. The third-order valence-corrected chi connectivity index (χ3v) is 4.66. The van der Waals surface area contributed by atoms with Gasteiger partial charge in [0.25, 0.3) is 11.8 Å². The molecule has 0 saturated carbocycles. The Bertz CT molecular complexity index is 685. The van der Waals surface area contributed by atoms with Crippen LogP contribution in [0.2, 0.25) is 0 Å². The van der Waals surface area contributed by atoms with Crippen molar-refractivity contribution in [1.29, 1.82) is 0 Å². The Morgan fingerprint density at radius 3 is 2.48 bits per heavy atom. The fourth-order valence-corrected chi connectivity index (χ4v) is 3.22. The van der Waals surface area contributed by atoms with Crippen molar-refractivity contribution in [3.8, 4) is 5.75 Å². The molecular formula is C17H22N4O4. The molecule has 3 amide bonds. The Balaban J connectivity index is 1.58. The molecule has 1 aromatic carbocycles. The van der Waals surface area contributed by atoms with Gasteiger partial charge >= 0.3 is 0 Å². The summed E-state index contributed by atoms with van der Waals surface area (Å²) in [4.78, 5) is 40.0. The van der Waals surface area contributed by atoms with Crippen LogP contribution in [0.4, 0.5) is 5.69 Å². The van der Waals surface area contributed by atoms with Crippen molar-refractivity contribution in [2.75, 3.05) is 45.2 Å². The topological polar surface area (TPSA) is 82.2 Å². The number of hydrazine groups is 1. The van der Waals surface area contributed by atoms with E-state index in [1.165, 1.54) is 7.05 Å².